The van der Waals surface area contributed by atoms with E-state index in [9.17, 15) is 14.0 Å². The molecular formula is C12H11FN4O3. The fraction of sp³-hybridized carbons (Fsp3) is 0.167. The van der Waals surface area contributed by atoms with E-state index in [4.69, 9.17) is 5.11 Å². The number of aryl methyl sites for hydroxylation is 1. The molecule has 1 aromatic heterocycles. The first-order valence-corrected chi connectivity index (χ1v) is 5.73. The van der Waals surface area contributed by atoms with Crippen LogP contribution in [0, 0.1) is 5.82 Å². The number of anilines is 1. The molecule has 1 aromatic carbocycles. The minimum Gasteiger partial charge on any atom is -0.478 e. The van der Waals surface area contributed by atoms with Crippen molar-refractivity contribution in [3.63, 3.8) is 0 Å². The van der Waals surface area contributed by atoms with Crippen molar-refractivity contribution in [2.75, 3.05) is 5.32 Å². The lowest BCUT2D eigenvalue weighted by atomic mass is 10.1. The van der Waals surface area contributed by atoms with Crippen LogP contribution >= 0.6 is 0 Å². The molecule has 0 aliphatic heterocycles. The lowest BCUT2D eigenvalue weighted by Gasteiger charge is -2.08. The number of nitrogens with one attached hydrogen (secondary N) is 1. The van der Waals surface area contributed by atoms with Crippen molar-refractivity contribution in [3.05, 3.63) is 42.0 Å². The summed E-state index contributed by atoms with van der Waals surface area (Å²) in [7, 11) is 0. The highest BCUT2D eigenvalue weighted by Gasteiger charge is 2.13. The lowest BCUT2D eigenvalue weighted by molar-refractivity contribution is -0.116. The van der Waals surface area contributed by atoms with Crippen molar-refractivity contribution < 1.29 is 19.1 Å². The molecule has 0 saturated heterocycles. The van der Waals surface area contributed by atoms with Gasteiger partial charge in [0.25, 0.3) is 0 Å². The van der Waals surface area contributed by atoms with Gasteiger partial charge >= 0.3 is 5.97 Å². The van der Waals surface area contributed by atoms with Crippen LogP contribution in [0.3, 0.4) is 0 Å². The Morgan fingerprint density at radius 2 is 2.20 bits per heavy atom. The van der Waals surface area contributed by atoms with E-state index in [1.54, 1.807) is 6.20 Å². The van der Waals surface area contributed by atoms with Gasteiger partial charge in [0.1, 0.15) is 5.82 Å². The van der Waals surface area contributed by atoms with Gasteiger partial charge in [-0.1, -0.05) is 5.21 Å². The zero-order valence-corrected chi connectivity index (χ0v) is 10.3. The second-order valence-corrected chi connectivity index (χ2v) is 3.96. The van der Waals surface area contributed by atoms with E-state index in [2.05, 4.69) is 15.6 Å². The topological polar surface area (TPSA) is 97.1 Å². The van der Waals surface area contributed by atoms with E-state index in [0.29, 0.717) is 6.54 Å². The van der Waals surface area contributed by atoms with Gasteiger partial charge in [-0.05, 0) is 18.2 Å². The highest BCUT2D eigenvalue weighted by molar-refractivity contribution is 6.00. The molecule has 7 nitrogen and oxygen atoms in total. The largest absolute Gasteiger partial charge is 0.478 e. The summed E-state index contributed by atoms with van der Waals surface area (Å²) in [4.78, 5) is 22.7. The van der Waals surface area contributed by atoms with Crippen LogP contribution < -0.4 is 5.32 Å². The van der Waals surface area contributed by atoms with Gasteiger partial charge in [0, 0.05) is 12.6 Å². The Morgan fingerprint density at radius 3 is 2.85 bits per heavy atom. The molecule has 8 heteroatoms. The summed E-state index contributed by atoms with van der Waals surface area (Å²) in [6, 6.07) is 3.09. The van der Waals surface area contributed by atoms with Gasteiger partial charge in [0.05, 0.1) is 24.0 Å². The van der Waals surface area contributed by atoms with E-state index >= 15 is 0 Å². The SMILES string of the molecule is O=C(CCn1ccnn1)Nc1cc(F)ccc1C(=O)O. The summed E-state index contributed by atoms with van der Waals surface area (Å²) in [6.45, 7) is 0.295. The smallest absolute Gasteiger partial charge is 0.337 e. The molecule has 0 fully saturated rings. The maximum Gasteiger partial charge on any atom is 0.337 e. The average Bonchev–Trinajstić information content (AvgIpc) is 2.89. The van der Waals surface area contributed by atoms with Gasteiger partial charge < -0.3 is 10.4 Å². The Bertz CT molecular complexity index is 628. The summed E-state index contributed by atoms with van der Waals surface area (Å²) in [5.41, 5.74) is -0.235. The first kappa shape index (κ1) is 13.7. The van der Waals surface area contributed by atoms with Crippen molar-refractivity contribution in [1.29, 1.82) is 0 Å². The van der Waals surface area contributed by atoms with E-state index in [1.807, 2.05) is 0 Å². The molecule has 0 spiro atoms. The monoisotopic (exact) mass is 278 g/mol. The van der Waals surface area contributed by atoms with Gasteiger partial charge in [-0.3, -0.25) is 9.48 Å². The molecule has 0 unspecified atom stereocenters. The third kappa shape index (κ3) is 3.37. The number of aromatic nitrogens is 3. The van der Waals surface area contributed by atoms with Crippen LogP contribution in [0.4, 0.5) is 10.1 Å². The summed E-state index contributed by atoms with van der Waals surface area (Å²) in [6.07, 6.45) is 3.14. The summed E-state index contributed by atoms with van der Waals surface area (Å²) in [5.74, 6) is -2.30. The molecule has 2 rings (SSSR count). The van der Waals surface area contributed by atoms with E-state index < -0.39 is 17.7 Å². The zero-order valence-electron chi connectivity index (χ0n) is 10.3. The van der Waals surface area contributed by atoms with Crippen LogP contribution in [0.15, 0.2) is 30.6 Å². The summed E-state index contributed by atoms with van der Waals surface area (Å²) >= 11 is 0. The van der Waals surface area contributed by atoms with Crippen LogP contribution in [0.5, 0.6) is 0 Å². The van der Waals surface area contributed by atoms with E-state index in [0.717, 1.165) is 18.2 Å². The van der Waals surface area contributed by atoms with E-state index in [1.165, 1.54) is 10.9 Å². The first-order chi connectivity index (χ1) is 9.56. The highest BCUT2D eigenvalue weighted by Crippen LogP contribution is 2.17. The third-order valence-corrected chi connectivity index (χ3v) is 2.53. The summed E-state index contributed by atoms with van der Waals surface area (Å²) < 4.78 is 14.6. The molecule has 0 aliphatic rings. The molecule has 0 radical (unpaired) electrons. The number of carbonyl (C=O) groups is 2. The summed E-state index contributed by atoms with van der Waals surface area (Å²) in [5, 5.41) is 18.6. The average molecular weight is 278 g/mol. The molecular weight excluding hydrogens is 267 g/mol. The number of halogens is 1. The molecule has 0 saturated carbocycles. The fourth-order valence-corrected chi connectivity index (χ4v) is 1.59. The number of hydrogen-bond donors (Lipinski definition) is 2. The number of aromatic carboxylic acids is 1. The Morgan fingerprint density at radius 1 is 1.40 bits per heavy atom. The molecule has 1 amide bonds. The lowest BCUT2D eigenvalue weighted by Crippen LogP contribution is -2.17. The Balaban J connectivity index is 2.03. The number of hydrogen-bond acceptors (Lipinski definition) is 4. The number of benzene rings is 1. The minimum absolute atomic E-state index is 0.0684. The predicted molar refractivity (Wildman–Crippen MR) is 66.6 cm³/mol. The van der Waals surface area contributed by atoms with Crippen molar-refractivity contribution in [2.24, 2.45) is 0 Å². The quantitative estimate of drug-likeness (QED) is 0.854. The molecule has 0 atom stereocenters. The Hall–Kier alpha value is -2.77. The van der Waals surface area contributed by atoms with Crippen LogP contribution in [-0.4, -0.2) is 32.0 Å². The van der Waals surface area contributed by atoms with Crippen molar-refractivity contribution in [1.82, 2.24) is 15.0 Å². The van der Waals surface area contributed by atoms with Crippen molar-refractivity contribution in [3.8, 4) is 0 Å². The van der Waals surface area contributed by atoms with Gasteiger partial charge in [0.2, 0.25) is 5.91 Å². The second kappa shape index (κ2) is 5.91. The first-order valence-electron chi connectivity index (χ1n) is 5.73. The number of carbonyl (C=O) groups excluding carboxylic acids is 1. The normalized spacial score (nSPS) is 10.2. The second-order valence-electron chi connectivity index (χ2n) is 3.96. The van der Waals surface area contributed by atoms with Crippen molar-refractivity contribution >= 4 is 17.6 Å². The van der Waals surface area contributed by atoms with Crippen LogP contribution in [0.1, 0.15) is 16.8 Å². The van der Waals surface area contributed by atoms with Gasteiger partial charge in [0.15, 0.2) is 0 Å². The van der Waals surface area contributed by atoms with Crippen LogP contribution in [0.2, 0.25) is 0 Å². The third-order valence-electron chi connectivity index (χ3n) is 2.53. The molecule has 0 bridgehead atoms. The molecule has 0 aliphatic carbocycles. The Labute approximate surface area is 113 Å². The Kier molecular flexibility index (Phi) is 4.04. The molecule has 20 heavy (non-hydrogen) atoms. The van der Waals surface area contributed by atoms with Crippen molar-refractivity contribution in [2.45, 2.75) is 13.0 Å². The van der Waals surface area contributed by atoms with Gasteiger partial charge in [-0.25, -0.2) is 9.18 Å². The predicted octanol–water partition coefficient (Wildman–Crippen LogP) is 1.14. The van der Waals surface area contributed by atoms with Crippen LogP contribution in [-0.2, 0) is 11.3 Å². The number of nitrogens with zero attached hydrogens (tertiary/aromatic N) is 3. The maximum atomic E-state index is 13.1. The van der Waals surface area contributed by atoms with E-state index in [-0.39, 0.29) is 17.7 Å². The molecule has 104 valence electrons. The number of carboxylic acids is 1. The zero-order chi connectivity index (χ0) is 14.5. The molecule has 2 N–H and O–H groups in total. The number of amides is 1. The molecule has 1 heterocycles. The minimum atomic E-state index is -1.24. The molecule has 2 aromatic rings. The standard InChI is InChI=1S/C12H11FN4O3/c13-8-1-2-9(12(19)20)10(7-8)15-11(18)3-5-17-6-4-14-16-17/h1-2,4,6-7H,3,5H2,(H,15,18)(H,19,20). The van der Waals surface area contributed by atoms with Gasteiger partial charge in [-0.2, -0.15) is 0 Å². The number of carboxylic acid groups (broad SMARTS) is 1. The number of rotatable bonds is 5. The fourth-order valence-electron chi connectivity index (χ4n) is 1.59. The maximum absolute atomic E-state index is 13.1. The van der Waals surface area contributed by atoms with Crippen LogP contribution in [0.25, 0.3) is 0 Å². The highest BCUT2D eigenvalue weighted by atomic mass is 19.1. The van der Waals surface area contributed by atoms with Gasteiger partial charge in [-0.15, -0.1) is 5.10 Å².